The van der Waals surface area contributed by atoms with Crippen LogP contribution in [0.5, 0.6) is 0 Å². The van der Waals surface area contributed by atoms with E-state index in [2.05, 4.69) is 10.2 Å². The summed E-state index contributed by atoms with van der Waals surface area (Å²) in [4.78, 5) is 0. The van der Waals surface area contributed by atoms with Crippen molar-refractivity contribution in [3.05, 3.63) is 12.2 Å². The van der Waals surface area contributed by atoms with E-state index in [1.54, 1.807) is 6.92 Å². The number of hydrogen-bond donors (Lipinski definition) is 0. The summed E-state index contributed by atoms with van der Waals surface area (Å²) >= 11 is 0. The van der Waals surface area contributed by atoms with Crippen molar-refractivity contribution in [2.45, 2.75) is 19.9 Å². The molecule has 0 aliphatic heterocycles. The summed E-state index contributed by atoms with van der Waals surface area (Å²) < 4.78 is 24.7. The second-order valence-electron chi connectivity index (χ2n) is 1.92. The van der Waals surface area contributed by atoms with Crippen LogP contribution in [0.15, 0.2) is 6.33 Å². The maximum absolute atomic E-state index is 11.7. The average Bonchev–Trinajstić information content (AvgIpc) is 2.15. The van der Waals surface area contributed by atoms with Gasteiger partial charge in [-0.2, -0.15) is 0 Å². The zero-order chi connectivity index (χ0) is 7.56. The number of aryl methyl sites for hydroxylation is 1. The van der Waals surface area contributed by atoms with E-state index in [0.717, 1.165) is 0 Å². The van der Waals surface area contributed by atoms with Gasteiger partial charge in [0.1, 0.15) is 12.2 Å². The van der Waals surface area contributed by atoms with E-state index in [0.29, 0.717) is 5.82 Å². The summed E-state index contributed by atoms with van der Waals surface area (Å²) in [6.45, 7) is 1.31. The second kappa shape index (κ2) is 2.72. The molecule has 1 aromatic heterocycles. The average molecular weight is 147 g/mol. The molecule has 0 spiro atoms. The molecule has 1 rings (SSSR count). The van der Waals surface area contributed by atoms with Gasteiger partial charge in [0, 0.05) is 0 Å². The summed E-state index contributed by atoms with van der Waals surface area (Å²) in [5.74, 6) is 0.514. The summed E-state index contributed by atoms with van der Waals surface area (Å²) in [6, 6.07) is 0. The Kier molecular flexibility index (Phi) is 1.94. The first-order valence-corrected chi connectivity index (χ1v) is 2.82. The van der Waals surface area contributed by atoms with Crippen LogP contribution in [0.3, 0.4) is 0 Å². The number of hydrogen-bond acceptors (Lipinski definition) is 2. The van der Waals surface area contributed by atoms with Gasteiger partial charge < -0.3 is 4.57 Å². The first kappa shape index (κ1) is 7.11. The van der Waals surface area contributed by atoms with Gasteiger partial charge in [-0.1, -0.05) is 0 Å². The Labute approximate surface area is 56.7 Å². The lowest BCUT2D eigenvalue weighted by Crippen LogP contribution is -2.06. The van der Waals surface area contributed by atoms with Crippen molar-refractivity contribution < 1.29 is 8.78 Å². The fourth-order valence-electron chi connectivity index (χ4n) is 0.641. The van der Waals surface area contributed by atoms with Gasteiger partial charge in [-0.25, -0.2) is 8.78 Å². The van der Waals surface area contributed by atoms with Crippen LogP contribution < -0.4 is 0 Å². The highest BCUT2D eigenvalue weighted by atomic mass is 19.3. The van der Waals surface area contributed by atoms with Crippen molar-refractivity contribution in [1.82, 2.24) is 14.8 Å². The van der Waals surface area contributed by atoms with Crippen LogP contribution in [0.1, 0.15) is 5.82 Å². The molecule has 0 saturated heterocycles. The van der Waals surface area contributed by atoms with Gasteiger partial charge >= 0.3 is 0 Å². The molecule has 1 heterocycles. The molecule has 0 N–H and O–H groups in total. The Balaban J connectivity index is 2.65. The Morgan fingerprint density at radius 3 is 2.80 bits per heavy atom. The molecule has 0 radical (unpaired) electrons. The molecular formula is C5H7F2N3. The Hall–Kier alpha value is -1.00. The number of rotatable bonds is 2. The van der Waals surface area contributed by atoms with Crippen LogP contribution in [0.2, 0.25) is 0 Å². The van der Waals surface area contributed by atoms with E-state index in [4.69, 9.17) is 0 Å². The van der Waals surface area contributed by atoms with Gasteiger partial charge in [-0.3, -0.25) is 0 Å². The lowest BCUT2D eigenvalue weighted by atomic mass is 10.6. The van der Waals surface area contributed by atoms with Gasteiger partial charge in [-0.15, -0.1) is 10.2 Å². The summed E-state index contributed by atoms with van der Waals surface area (Å²) in [5.41, 5.74) is 0. The molecule has 0 fully saturated rings. The van der Waals surface area contributed by atoms with Crippen LogP contribution in [-0.4, -0.2) is 21.2 Å². The minimum atomic E-state index is -2.34. The summed E-state index contributed by atoms with van der Waals surface area (Å²) in [7, 11) is 0. The van der Waals surface area contributed by atoms with Gasteiger partial charge in [0.2, 0.25) is 0 Å². The molecule has 5 heteroatoms. The molecule has 0 saturated carbocycles. The van der Waals surface area contributed by atoms with Crippen LogP contribution in [0, 0.1) is 6.92 Å². The topological polar surface area (TPSA) is 30.7 Å². The summed E-state index contributed by atoms with van der Waals surface area (Å²) in [5, 5.41) is 7.00. The van der Waals surface area contributed by atoms with Crippen molar-refractivity contribution in [3.8, 4) is 0 Å². The van der Waals surface area contributed by atoms with Crippen molar-refractivity contribution >= 4 is 0 Å². The molecule has 3 nitrogen and oxygen atoms in total. The first-order chi connectivity index (χ1) is 4.70. The first-order valence-electron chi connectivity index (χ1n) is 2.82. The van der Waals surface area contributed by atoms with E-state index < -0.39 is 6.43 Å². The molecule has 0 amide bonds. The molecule has 0 bridgehead atoms. The van der Waals surface area contributed by atoms with E-state index >= 15 is 0 Å². The lowest BCUT2D eigenvalue weighted by molar-refractivity contribution is 0.125. The van der Waals surface area contributed by atoms with Gasteiger partial charge in [0.25, 0.3) is 6.43 Å². The molecule has 0 unspecified atom stereocenters. The van der Waals surface area contributed by atoms with E-state index in [-0.39, 0.29) is 6.54 Å². The standard InChI is InChI=1S/C5H7F2N3/c1-4-9-8-3-10(4)2-5(6)7/h3,5H,2H2,1H3. The van der Waals surface area contributed by atoms with Gasteiger partial charge in [-0.05, 0) is 6.92 Å². The molecule has 0 atom stereocenters. The van der Waals surface area contributed by atoms with Crippen molar-refractivity contribution in [1.29, 1.82) is 0 Å². The zero-order valence-electron chi connectivity index (χ0n) is 5.46. The SMILES string of the molecule is Cc1nncn1CC(F)F. The molecule has 10 heavy (non-hydrogen) atoms. The number of aromatic nitrogens is 3. The third-order valence-electron chi connectivity index (χ3n) is 1.14. The predicted molar refractivity (Wildman–Crippen MR) is 30.8 cm³/mol. The maximum atomic E-state index is 11.7. The third-order valence-corrected chi connectivity index (χ3v) is 1.14. The highest BCUT2D eigenvalue weighted by Gasteiger charge is 2.05. The quantitative estimate of drug-likeness (QED) is 0.620. The minimum absolute atomic E-state index is 0.321. The predicted octanol–water partition coefficient (Wildman–Crippen LogP) is 0.852. The van der Waals surface area contributed by atoms with E-state index in [1.165, 1.54) is 10.9 Å². The molecule has 56 valence electrons. The number of alkyl halides is 2. The number of halogens is 2. The second-order valence-corrected chi connectivity index (χ2v) is 1.92. The fourth-order valence-corrected chi connectivity index (χ4v) is 0.641. The van der Waals surface area contributed by atoms with Crippen LogP contribution in [-0.2, 0) is 6.54 Å². The third kappa shape index (κ3) is 1.49. The maximum Gasteiger partial charge on any atom is 0.256 e. The van der Waals surface area contributed by atoms with Crippen LogP contribution in [0.4, 0.5) is 8.78 Å². The van der Waals surface area contributed by atoms with Crippen molar-refractivity contribution in [2.75, 3.05) is 0 Å². The fraction of sp³-hybridized carbons (Fsp3) is 0.600. The Bertz CT molecular complexity index is 208. The van der Waals surface area contributed by atoms with Gasteiger partial charge in [0.05, 0.1) is 6.54 Å². The monoisotopic (exact) mass is 147 g/mol. The van der Waals surface area contributed by atoms with Crippen molar-refractivity contribution in [3.63, 3.8) is 0 Å². The lowest BCUT2D eigenvalue weighted by Gasteiger charge is -1.99. The molecule has 0 aliphatic carbocycles. The van der Waals surface area contributed by atoms with Crippen molar-refractivity contribution in [2.24, 2.45) is 0 Å². The molecule has 0 aliphatic rings. The van der Waals surface area contributed by atoms with Crippen LogP contribution in [0.25, 0.3) is 0 Å². The van der Waals surface area contributed by atoms with Crippen LogP contribution >= 0.6 is 0 Å². The Morgan fingerprint density at radius 1 is 1.70 bits per heavy atom. The zero-order valence-corrected chi connectivity index (χ0v) is 5.46. The van der Waals surface area contributed by atoms with E-state index in [1.807, 2.05) is 0 Å². The summed E-state index contributed by atoms with van der Waals surface area (Å²) in [6.07, 6.45) is -1.05. The highest BCUT2D eigenvalue weighted by Crippen LogP contribution is 1.99. The number of nitrogens with zero attached hydrogens (tertiary/aromatic N) is 3. The molecular weight excluding hydrogens is 140 g/mol. The largest absolute Gasteiger partial charge is 0.312 e. The Morgan fingerprint density at radius 2 is 2.40 bits per heavy atom. The molecule has 1 aromatic rings. The molecule has 0 aromatic carbocycles. The normalized spacial score (nSPS) is 10.8. The highest BCUT2D eigenvalue weighted by molar-refractivity contribution is 4.79. The smallest absolute Gasteiger partial charge is 0.256 e. The minimum Gasteiger partial charge on any atom is -0.312 e. The van der Waals surface area contributed by atoms with Gasteiger partial charge in [0.15, 0.2) is 0 Å². The van der Waals surface area contributed by atoms with E-state index in [9.17, 15) is 8.78 Å².